The number of carbonyl (C=O) groups is 1. The molecule has 0 spiro atoms. The molecule has 1 rings (SSSR count). The Bertz CT molecular complexity index is 539. The van der Waals surface area contributed by atoms with Crippen molar-refractivity contribution < 1.29 is 27.2 Å². The van der Waals surface area contributed by atoms with E-state index in [0.717, 1.165) is 6.92 Å². The molecule has 1 aromatic carbocycles. The zero-order valence-corrected chi connectivity index (χ0v) is 11.8. The summed E-state index contributed by atoms with van der Waals surface area (Å²) in [5.41, 5.74) is -1.64. The average molecular weight is 309 g/mol. The highest BCUT2D eigenvalue weighted by molar-refractivity contribution is 7.86. The SMILES string of the molecule is CC(Oc1ccc(Cl)cc1)C(=O)OC(C)S(=O)(=O)O. The molecule has 2 atom stereocenters. The van der Waals surface area contributed by atoms with Gasteiger partial charge in [0, 0.05) is 5.02 Å². The van der Waals surface area contributed by atoms with Gasteiger partial charge in [-0.1, -0.05) is 11.6 Å². The van der Waals surface area contributed by atoms with E-state index in [4.69, 9.17) is 20.9 Å². The monoisotopic (exact) mass is 308 g/mol. The minimum absolute atomic E-state index is 0.383. The van der Waals surface area contributed by atoms with Crippen LogP contribution in [0.3, 0.4) is 0 Å². The van der Waals surface area contributed by atoms with Crippen molar-refractivity contribution in [2.75, 3.05) is 0 Å². The highest BCUT2D eigenvalue weighted by Gasteiger charge is 2.25. The number of rotatable bonds is 5. The van der Waals surface area contributed by atoms with Gasteiger partial charge in [0.25, 0.3) is 0 Å². The predicted octanol–water partition coefficient (Wildman–Crippen LogP) is 1.88. The topological polar surface area (TPSA) is 89.9 Å². The number of halogens is 1. The predicted molar refractivity (Wildman–Crippen MR) is 68.6 cm³/mol. The molecule has 0 aliphatic heterocycles. The van der Waals surface area contributed by atoms with Gasteiger partial charge in [0.1, 0.15) is 5.75 Å². The van der Waals surface area contributed by atoms with Crippen LogP contribution in [0.1, 0.15) is 13.8 Å². The Kier molecular flexibility index (Phi) is 5.16. The summed E-state index contributed by atoms with van der Waals surface area (Å²) in [7, 11) is -4.43. The van der Waals surface area contributed by atoms with Gasteiger partial charge in [0.05, 0.1) is 0 Å². The fourth-order valence-electron chi connectivity index (χ4n) is 1.09. The van der Waals surface area contributed by atoms with E-state index in [0.29, 0.717) is 10.8 Å². The fraction of sp³-hybridized carbons (Fsp3) is 0.364. The Labute approximate surface area is 116 Å². The summed E-state index contributed by atoms with van der Waals surface area (Å²) < 4.78 is 39.9. The largest absolute Gasteiger partial charge is 0.479 e. The highest BCUT2D eigenvalue weighted by atomic mass is 35.5. The molecular weight excluding hydrogens is 296 g/mol. The van der Waals surface area contributed by atoms with Crippen molar-refractivity contribution in [1.82, 2.24) is 0 Å². The van der Waals surface area contributed by atoms with Gasteiger partial charge in [-0.25, -0.2) is 4.79 Å². The molecule has 0 bridgehead atoms. The Hall–Kier alpha value is -1.31. The molecule has 0 amide bonds. The molecule has 0 heterocycles. The van der Waals surface area contributed by atoms with E-state index < -0.39 is 27.6 Å². The molecule has 19 heavy (non-hydrogen) atoms. The van der Waals surface area contributed by atoms with Crippen LogP contribution in [0.15, 0.2) is 24.3 Å². The van der Waals surface area contributed by atoms with Crippen molar-refractivity contribution in [3.05, 3.63) is 29.3 Å². The van der Waals surface area contributed by atoms with Crippen LogP contribution in [0, 0.1) is 0 Å². The van der Waals surface area contributed by atoms with E-state index in [9.17, 15) is 13.2 Å². The van der Waals surface area contributed by atoms with Gasteiger partial charge in [0.15, 0.2) is 6.10 Å². The van der Waals surface area contributed by atoms with Crippen LogP contribution < -0.4 is 4.74 Å². The van der Waals surface area contributed by atoms with Crippen LogP contribution in [0.5, 0.6) is 5.75 Å². The minimum Gasteiger partial charge on any atom is -0.479 e. The van der Waals surface area contributed by atoms with E-state index in [1.165, 1.54) is 6.92 Å². The fourth-order valence-corrected chi connectivity index (χ4v) is 1.43. The lowest BCUT2D eigenvalue weighted by atomic mass is 10.3. The maximum Gasteiger partial charge on any atom is 0.348 e. The van der Waals surface area contributed by atoms with Crippen molar-refractivity contribution in [2.45, 2.75) is 25.4 Å². The van der Waals surface area contributed by atoms with E-state index in [2.05, 4.69) is 4.74 Å². The number of ether oxygens (including phenoxy) is 2. The van der Waals surface area contributed by atoms with Crippen LogP contribution in [-0.2, 0) is 19.6 Å². The first-order chi connectivity index (χ1) is 8.70. The molecule has 1 aromatic rings. The first-order valence-electron chi connectivity index (χ1n) is 5.29. The first kappa shape index (κ1) is 15.7. The van der Waals surface area contributed by atoms with E-state index in [1.54, 1.807) is 24.3 Å². The van der Waals surface area contributed by atoms with Crippen LogP contribution in [-0.4, -0.2) is 30.5 Å². The summed E-state index contributed by atoms with van der Waals surface area (Å²) in [6.45, 7) is 2.44. The molecule has 0 saturated heterocycles. The molecular formula is C11H13ClO6S. The Balaban J connectivity index is 2.61. The van der Waals surface area contributed by atoms with Crippen molar-refractivity contribution in [1.29, 1.82) is 0 Å². The van der Waals surface area contributed by atoms with Crippen molar-refractivity contribution >= 4 is 27.7 Å². The molecule has 0 aliphatic carbocycles. The van der Waals surface area contributed by atoms with Gasteiger partial charge >= 0.3 is 16.1 Å². The van der Waals surface area contributed by atoms with Crippen molar-refractivity contribution in [2.24, 2.45) is 0 Å². The van der Waals surface area contributed by atoms with Gasteiger partial charge in [0.2, 0.25) is 5.44 Å². The molecule has 2 unspecified atom stereocenters. The van der Waals surface area contributed by atoms with Gasteiger partial charge in [-0.3, -0.25) is 4.55 Å². The molecule has 8 heteroatoms. The molecule has 0 fully saturated rings. The van der Waals surface area contributed by atoms with Crippen molar-refractivity contribution in [3.8, 4) is 5.75 Å². The third kappa shape index (κ3) is 5.06. The van der Waals surface area contributed by atoms with Gasteiger partial charge in [-0.05, 0) is 38.1 Å². The lowest BCUT2D eigenvalue weighted by molar-refractivity contribution is -0.152. The second-order valence-corrected chi connectivity index (χ2v) is 5.86. The first-order valence-corrected chi connectivity index (χ1v) is 7.17. The summed E-state index contributed by atoms with van der Waals surface area (Å²) in [6, 6.07) is 6.27. The lowest BCUT2D eigenvalue weighted by Crippen LogP contribution is -2.32. The Morgan fingerprint density at radius 2 is 1.79 bits per heavy atom. The zero-order chi connectivity index (χ0) is 14.6. The summed E-state index contributed by atoms with van der Waals surface area (Å²) in [4.78, 5) is 11.5. The number of benzene rings is 1. The summed E-state index contributed by atoms with van der Waals surface area (Å²) in [5.74, 6) is -0.520. The molecule has 0 aromatic heterocycles. The summed E-state index contributed by atoms with van der Waals surface area (Å²) >= 11 is 5.69. The lowest BCUT2D eigenvalue weighted by Gasteiger charge is -2.16. The van der Waals surface area contributed by atoms with Crippen LogP contribution >= 0.6 is 11.6 Å². The van der Waals surface area contributed by atoms with E-state index >= 15 is 0 Å². The highest BCUT2D eigenvalue weighted by Crippen LogP contribution is 2.17. The van der Waals surface area contributed by atoms with Crippen LogP contribution in [0.4, 0.5) is 0 Å². The Morgan fingerprint density at radius 1 is 1.26 bits per heavy atom. The minimum atomic E-state index is -4.43. The molecule has 1 N–H and O–H groups in total. The molecule has 6 nitrogen and oxygen atoms in total. The maximum atomic E-state index is 11.5. The number of carbonyl (C=O) groups excluding carboxylic acids is 1. The van der Waals surface area contributed by atoms with E-state index in [-0.39, 0.29) is 0 Å². The van der Waals surface area contributed by atoms with Gasteiger partial charge < -0.3 is 9.47 Å². The quantitative estimate of drug-likeness (QED) is 0.660. The number of hydrogen-bond acceptors (Lipinski definition) is 5. The molecule has 0 aliphatic rings. The zero-order valence-electron chi connectivity index (χ0n) is 10.2. The third-order valence-corrected chi connectivity index (χ3v) is 3.35. The second-order valence-electron chi connectivity index (χ2n) is 3.73. The summed E-state index contributed by atoms with van der Waals surface area (Å²) in [6.07, 6.45) is -1.02. The number of hydrogen-bond donors (Lipinski definition) is 1. The average Bonchev–Trinajstić information content (AvgIpc) is 2.30. The normalized spacial score (nSPS) is 14.5. The molecule has 0 radical (unpaired) electrons. The van der Waals surface area contributed by atoms with Crippen LogP contribution in [0.25, 0.3) is 0 Å². The smallest absolute Gasteiger partial charge is 0.348 e. The second kappa shape index (κ2) is 6.23. The third-order valence-electron chi connectivity index (χ3n) is 2.16. The van der Waals surface area contributed by atoms with E-state index in [1.807, 2.05) is 0 Å². The molecule has 106 valence electrons. The van der Waals surface area contributed by atoms with Gasteiger partial charge in [-0.15, -0.1) is 0 Å². The molecule has 0 saturated carbocycles. The number of esters is 1. The van der Waals surface area contributed by atoms with Gasteiger partial charge in [-0.2, -0.15) is 8.42 Å². The standard InChI is InChI=1S/C11H13ClO6S/c1-7(11(13)18-8(2)19(14,15)16)17-10-5-3-9(12)4-6-10/h3-8H,1-2H3,(H,14,15,16). The summed E-state index contributed by atoms with van der Waals surface area (Å²) in [5, 5.41) is 0.516. The van der Waals surface area contributed by atoms with Crippen molar-refractivity contribution in [3.63, 3.8) is 0 Å². The Morgan fingerprint density at radius 3 is 2.26 bits per heavy atom. The maximum absolute atomic E-state index is 11.5. The van der Waals surface area contributed by atoms with Crippen LogP contribution in [0.2, 0.25) is 5.02 Å².